The zero-order valence-electron chi connectivity index (χ0n) is 15.4. The van der Waals surface area contributed by atoms with Gasteiger partial charge in [-0.25, -0.2) is 0 Å². The number of rotatable bonds is 7. The molecule has 1 unspecified atom stereocenters. The molecule has 1 fully saturated rings. The van der Waals surface area contributed by atoms with E-state index >= 15 is 0 Å². The van der Waals surface area contributed by atoms with Crippen molar-refractivity contribution in [3.8, 4) is 0 Å². The van der Waals surface area contributed by atoms with Crippen LogP contribution >= 0.6 is 0 Å². The molecular weight excluding hydrogens is 326 g/mol. The van der Waals surface area contributed by atoms with Crippen LogP contribution in [-0.2, 0) is 16.0 Å². The second-order valence-electron chi connectivity index (χ2n) is 7.42. The zero-order chi connectivity index (χ0) is 18.5. The summed E-state index contributed by atoms with van der Waals surface area (Å²) in [5.41, 5.74) is 0.949. The minimum atomic E-state index is -0.504. The van der Waals surface area contributed by atoms with E-state index in [2.05, 4.69) is 22.0 Å². The quantitative estimate of drug-likeness (QED) is 0.712. The summed E-state index contributed by atoms with van der Waals surface area (Å²) in [4.78, 5) is 24.9. The van der Waals surface area contributed by atoms with Crippen molar-refractivity contribution in [2.24, 2.45) is 11.8 Å². The Hall–Kier alpha value is -2.40. The van der Waals surface area contributed by atoms with Crippen LogP contribution in [0.25, 0.3) is 10.8 Å². The molecule has 26 heavy (non-hydrogen) atoms. The highest BCUT2D eigenvalue weighted by Gasteiger charge is 2.25. The third kappa shape index (κ3) is 4.61. The molecule has 2 aromatic rings. The van der Waals surface area contributed by atoms with Crippen LogP contribution < -0.4 is 16.0 Å². The predicted molar refractivity (Wildman–Crippen MR) is 104 cm³/mol. The van der Waals surface area contributed by atoms with Gasteiger partial charge in [0.05, 0.1) is 6.42 Å². The molecule has 2 amide bonds. The molecular formula is C21H27N3O2. The molecule has 5 heteroatoms. The number of carbonyl (C=O) groups excluding carboxylic acids is 2. The molecule has 3 rings (SSSR count). The Labute approximate surface area is 154 Å². The van der Waals surface area contributed by atoms with Gasteiger partial charge in [0.15, 0.2) is 0 Å². The van der Waals surface area contributed by atoms with Gasteiger partial charge >= 0.3 is 0 Å². The van der Waals surface area contributed by atoms with Crippen LogP contribution in [0.5, 0.6) is 0 Å². The molecule has 3 N–H and O–H groups in total. The summed E-state index contributed by atoms with van der Waals surface area (Å²) in [5, 5.41) is 11.3. The fourth-order valence-corrected chi connectivity index (χ4v) is 3.14. The maximum Gasteiger partial charge on any atom is 0.242 e. The van der Waals surface area contributed by atoms with E-state index in [0.717, 1.165) is 29.4 Å². The average molecular weight is 353 g/mol. The highest BCUT2D eigenvalue weighted by Crippen LogP contribution is 2.16. The average Bonchev–Trinajstić information content (AvgIpc) is 2.57. The maximum absolute atomic E-state index is 12.5. The van der Waals surface area contributed by atoms with Crippen molar-refractivity contribution in [3.63, 3.8) is 0 Å². The van der Waals surface area contributed by atoms with Gasteiger partial charge in [0, 0.05) is 25.6 Å². The first-order valence-corrected chi connectivity index (χ1v) is 9.28. The highest BCUT2D eigenvalue weighted by molar-refractivity contribution is 5.89. The van der Waals surface area contributed by atoms with Gasteiger partial charge in [-0.05, 0) is 22.3 Å². The summed E-state index contributed by atoms with van der Waals surface area (Å²) in [6.07, 6.45) is 0.272. The molecule has 5 nitrogen and oxygen atoms in total. The number of hydrogen-bond acceptors (Lipinski definition) is 3. The predicted octanol–water partition coefficient (Wildman–Crippen LogP) is 1.86. The van der Waals surface area contributed by atoms with Crippen LogP contribution in [0.4, 0.5) is 0 Å². The Bertz CT molecular complexity index is 784. The Morgan fingerprint density at radius 3 is 2.50 bits per heavy atom. The monoisotopic (exact) mass is 353 g/mol. The summed E-state index contributed by atoms with van der Waals surface area (Å²) < 4.78 is 0. The van der Waals surface area contributed by atoms with E-state index < -0.39 is 6.04 Å². The standard InChI is InChI=1S/C21H27N3O2/c1-14(2)20(21(26)23-13-16-11-22-12-16)24-19(25)10-15-7-8-17-5-3-4-6-18(17)9-15/h3-9,14,16,20,22H,10-13H2,1-2H3,(H,23,26)(H,24,25). The Morgan fingerprint density at radius 1 is 1.12 bits per heavy atom. The van der Waals surface area contributed by atoms with Gasteiger partial charge in [-0.2, -0.15) is 0 Å². The van der Waals surface area contributed by atoms with Crippen molar-refractivity contribution in [2.75, 3.05) is 19.6 Å². The van der Waals surface area contributed by atoms with E-state index in [4.69, 9.17) is 0 Å². The van der Waals surface area contributed by atoms with Gasteiger partial charge in [-0.15, -0.1) is 0 Å². The van der Waals surface area contributed by atoms with Crippen LogP contribution in [0, 0.1) is 11.8 Å². The van der Waals surface area contributed by atoms with Gasteiger partial charge in [-0.1, -0.05) is 56.3 Å². The molecule has 0 aliphatic carbocycles. The van der Waals surface area contributed by atoms with Gasteiger partial charge in [0.1, 0.15) is 6.04 Å². The number of nitrogens with one attached hydrogen (secondary N) is 3. The van der Waals surface area contributed by atoms with E-state index in [0.29, 0.717) is 12.5 Å². The van der Waals surface area contributed by atoms with E-state index in [-0.39, 0.29) is 24.2 Å². The van der Waals surface area contributed by atoms with Crippen LogP contribution in [0.3, 0.4) is 0 Å². The fourth-order valence-electron chi connectivity index (χ4n) is 3.14. The van der Waals surface area contributed by atoms with Crippen LogP contribution in [-0.4, -0.2) is 37.5 Å². The van der Waals surface area contributed by atoms with E-state index in [1.54, 1.807) is 0 Å². The lowest BCUT2D eigenvalue weighted by molar-refractivity contribution is -0.129. The summed E-state index contributed by atoms with van der Waals surface area (Å²) in [5.74, 6) is 0.313. The number of benzene rings is 2. The first kappa shape index (κ1) is 18.4. The summed E-state index contributed by atoms with van der Waals surface area (Å²) in [6, 6.07) is 13.6. The SMILES string of the molecule is CC(C)C(NC(=O)Cc1ccc2ccccc2c1)C(=O)NCC1CNC1. The van der Waals surface area contributed by atoms with E-state index in [1.807, 2.05) is 50.2 Å². The smallest absolute Gasteiger partial charge is 0.242 e. The van der Waals surface area contributed by atoms with Gasteiger partial charge in [0.2, 0.25) is 11.8 Å². The lowest BCUT2D eigenvalue weighted by Crippen LogP contribution is -2.54. The Kier molecular flexibility index (Phi) is 5.89. The van der Waals surface area contributed by atoms with Gasteiger partial charge in [-0.3, -0.25) is 9.59 Å². The fraction of sp³-hybridized carbons (Fsp3) is 0.429. The molecule has 0 aromatic heterocycles. The summed E-state index contributed by atoms with van der Waals surface area (Å²) in [6.45, 7) is 6.45. The highest BCUT2D eigenvalue weighted by atomic mass is 16.2. The Morgan fingerprint density at radius 2 is 1.85 bits per heavy atom. The van der Waals surface area contributed by atoms with Gasteiger partial charge in [0.25, 0.3) is 0 Å². The number of amides is 2. The summed E-state index contributed by atoms with van der Waals surface area (Å²) in [7, 11) is 0. The molecule has 0 spiro atoms. The minimum absolute atomic E-state index is 0.0371. The normalized spacial score (nSPS) is 15.5. The number of hydrogen-bond donors (Lipinski definition) is 3. The van der Waals surface area contributed by atoms with Crippen molar-refractivity contribution in [3.05, 3.63) is 48.0 Å². The maximum atomic E-state index is 12.5. The first-order valence-electron chi connectivity index (χ1n) is 9.28. The molecule has 1 aliphatic heterocycles. The van der Waals surface area contributed by atoms with Crippen molar-refractivity contribution in [1.29, 1.82) is 0 Å². The third-order valence-corrected chi connectivity index (χ3v) is 4.88. The molecule has 1 saturated heterocycles. The van der Waals surface area contributed by atoms with Crippen molar-refractivity contribution < 1.29 is 9.59 Å². The van der Waals surface area contributed by atoms with E-state index in [9.17, 15) is 9.59 Å². The van der Waals surface area contributed by atoms with Crippen LogP contribution in [0.2, 0.25) is 0 Å². The lowest BCUT2D eigenvalue weighted by atomic mass is 10.0. The molecule has 0 radical (unpaired) electrons. The summed E-state index contributed by atoms with van der Waals surface area (Å²) >= 11 is 0. The van der Waals surface area contributed by atoms with Crippen molar-refractivity contribution in [2.45, 2.75) is 26.3 Å². The molecule has 0 bridgehead atoms. The zero-order valence-corrected chi connectivity index (χ0v) is 15.4. The second-order valence-corrected chi connectivity index (χ2v) is 7.42. The molecule has 2 aromatic carbocycles. The first-order chi connectivity index (χ1) is 12.5. The molecule has 138 valence electrons. The third-order valence-electron chi connectivity index (χ3n) is 4.88. The largest absolute Gasteiger partial charge is 0.354 e. The minimum Gasteiger partial charge on any atom is -0.354 e. The molecule has 1 aliphatic rings. The van der Waals surface area contributed by atoms with Crippen LogP contribution in [0.15, 0.2) is 42.5 Å². The topological polar surface area (TPSA) is 70.2 Å². The van der Waals surface area contributed by atoms with Crippen molar-refractivity contribution in [1.82, 2.24) is 16.0 Å². The van der Waals surface area contributed by atoms with Gasteiger partial charge < -0.3 is 16.0 Å². The second kappa shape index (κ2) is 8.32. The van der Waals surface area contributed by atoms with E-state index in [1.165, 1.54) is 0 Å². The van der Waals surface area contributed by atoms with Crippen LogP contribution in [0.1, 0.15) is 19.4 Å². The van der Waals surface area contributed by atoms with Crippen molar-refractivity contribution >= 4 is 22.6 Å². The molecule has 1 heterocycles. The molecule has 0 saturated carbocycles. The number of carbonyl (C=O) groups is 2. The Balaban J connectivity index is 1.58. The molecule has 1 atom stereocenters. The number of fused-ring (bicyclic) bond motifs is 1. The lowest BCUT2D eigenvalue weighted by Gasteiger charge is -2.29.